The van der Waals surface area contributed by atoms with Crippen molar-refractivity contribution in [2.24, 2.45) is 0 Å². The Kier molecular flexibility index (Phi) is 7.00. The van der Waals surface area contributed by atoms with Crippen LogP contribution in [0.25, 0.3) is 0 Å². The van der Waals surface area contributed by atoms with Crippen LogP contribution in [-0.4, -0.2) is 47.0 Å². The number of carbonyl (C=O) groups excluding carboxylic acids is 2. The van der Waals surface area contributed by atoms with Crippen LogP contribution in [0.1, 0.15) is 71.4 Å². The molecule has 34 heavy (non-hydrogen) atoms. The Morgan fingerprint density at radius 2 is 1.97 bits per heavy atom. The Bertz CT molecular complexity index is 1100. The molecule has 0 bridgehead atoms. The Morgan fingerprint density at radius 1 is 1.21 bits per heavy atom. The minimum Gasteiger partial charge on any atom is -0.338 e. The monoisotopic (exact) mass is 464 g/mol. The fraction of sp³-hybridized carbons (Fsp3) is 0.444. The number of hydrogen-bond donors (Lipinski definition) is 1. The maximum absolute atomic E-state index is 14.1. The molecule has 0 atom stereocenters. The van der Waals surface area contributed by atoms with E-state index in [0.29, 0.717) is 37.1 Å². The van der Waals surface area contributed by atoms with Gasteiger partial charge in [0.15, 0.2) is 0 Å². The number of nitrogens with one attached hydrogen (secondary N) is 1. The molecule has 1 fully saturated rings. The van der Waals surface area contributed by atoms with Crippen molar-refractivity contribution in [3.8, 4) is 0 Å². The van der Waals surface area contributed by atoms with Crippen molar-refractivity contribution in [2.75, 3.05) is 24.5 Å². The molecule has 0 radical (unpaired) electrons. The second-order valence-electron chi connectivity index (χ2n) is 9.45. The highest BCUT2D eigenvalue weighted by molar-refractivity contribution is 5.97. The van der Waals surface area contributed by atoms with Crippen LogP contribution in [0.15, 0.2) is 42.7 Å². The highest BCUT2D eigenvalue weighted by atomic mass is 19.1. The van der Waals surface area contributed by atoms with Crippen molar-refractivity contribution >= 4 is 23.3 Å². The van der Waals surface area contributed by atoms with Crippen molar-refractivity contribution in [1.82, 2.24) is 15.2 Å². The predicted octanol–water partition coefficient (Wildman–Crippen LogP) is 5.09. The van der Waals surface area contributed by atoms with Crippen molar-refractivity contribution in [1.29, 1.82) is 0 Å². The van der Waals surface area contributed by atoms with Gasteiger partial charge in [0.05, 0.1) is 5.56 Å². The number of aryl methyl sites for hydroxylation is 2. The number of allylic oxidation sites excluding steroid dienone is 1. The number of likely N-dealkylation sites (tertiary alicyclic amines) is 1. The van der Waals surface area contributed by atoms with Gasteiger partial charge in [-0.2, -0.15) is 0 Å². The first kappa shape index (κ1) is 23.9. The van der Waals surface area contributed by atoms with Gasteiger partial charge in [0.25, 0.3) is 11.8 Å². The smallest absolute Gasteiger partial charge is 0.255 e. The number of hydrogen-bond acceptors (Lipinski definition) is 4. The number of anilines is 2. The average molecular weight is 465 g/mol. The number of pyridine rings is 1. The lowest BCUT2D eigenvalue weighted by molar-refractivity contribution is 0.0503. The number of halogens is 1. The van der Waals surface area contributed by atoms with E-state index in [9.17, 15) is 14.0 Å². The first-order chi connectivity index (χ1) is 16.3. The molecule has 1 aromatic heterocycles. The largest absolute Gasteiger partial charge is 0.338 e. The summed E-state index contributed by atoms with van der Waals surface area (Å²) in [5.41, 5.74) is 2.92. The normalized spacial score (nSPS) is 17.5. The number of nitrogens with zero attached hydrogens (tertiary/aromatic N) is 3. The summed E-state index contributed by atoms with van der Waals surface area (Å²) in [6.07, 6.45) is 8.62. The van der Waals surface area contributed by atoms with E-state index < -0.39 is 5.67 Å². The number of carbonyl (C=O) groups is 2. The van der Waals surface area contributed by atoms with E-state index in [1.54, 1.807) is 24.2 Å². The highest BCUT2D eigenvalue weighted by Crippen LogP contribution is 2.34. The number of rotatable bonds is 5. The zero-order chi connectivity index (χ0) is 24.3. The van der Waals surface area contributed by atoms with Gasteiger partial charge in [-0.3, -0.25) is 9.59 Å². The summed E-state index contributed by atoms with van der Waals surface area (Å²) < 4.78 is 14.1. The Balaban J connectivity index is 1.52. The lowest BCUT2D eigenvalue weighted by Gasteiger charge is -2.34. The van der Waals surface area contributed by atoms with Gasteiger partial charge in [-0.25, -0.2) is 9.37 Å². The molecule has 180 valence electrons. The first-order valence-electron chi connectivity index (χ1n) is 12.1. The summed E-state index contributed by atoms with van der Waals surface area (Å²) >= 11 is 0. The average Bonchev–Trinajstić information content (AvgIpc) is 2.83. The molecule has 0 saturated carbocycles. The molecule has 2 aliphatic heterocycles. The molecule has 7 heteroatoms. The van der Waals surface area contributed by atoms with E-state index in [2.05, 4.69) is 15.2 Å². The van der Waals surface area contributed by atoms with Crippen molar-refractivity contribution in [3.05, 3.63) is 65.0 Å². The minimum absolute atomic E-state index is 0.0775. The van der Waals surface area contributed by atoms with Crippen LogP contribution in [0.4, 0.5) is 15.9 Å². The summed E-state index contributed by atoms with van der Waals surface area (Å²) in [5.74, 6) is 0.645. The van der Waals surface area contributed by atoms with Gasteiger partial charge in [0.1, 0.15) is 11.5 Å². The van der Waals surface area contributed by atoms with Gasteiger partial charge in [-0.15, -0.1) is 0 Å². The summed E-state index contributed by atoms with van der Waals surface area (Å²) in [5, 5.41) is 2.80. The molecular weight excluding hydrogens is 431 g/mol. The second kappa shape index (κ2) is 9.95. The van der Waals surface area contributed by atoms with Gasteiger partial charge in [-0.05, 0) is 81.3 Å². The zero-order valence-corrected chi connectivity index (χ0v) is 20.2. The van der Waals surface area contributed by atoms with Crippen LogP contribution < -0.4 is 10.2 Å². The number of benzene rings is 1. The van der Waals surface area contributed by atoms with Crippen molar-refractivity contribution < 1.29 is 14.0 Å². The number of piperidine rings is 1. The summed E-state index contributed by atoms with van der Waals surface area (Å²) in [7, 11) is 0. The quantitative estimate of drug-likeness (QED) is 0.669. The maximum Gasteiger partial charge on any atom is 0.255 e. The van der Waals surface area contributed by atoms with Gasteiger partial charge in [0.2, 0.25) is 0 Å². The molecule has 6 nitrogen and oxygen atoms in total. The molecule has 0 aliphatic carbocycles. The summed E-state index contributed by atoms with van der Waals surface area (Å²) in [6, 6.07) is 7.74. The fourth-order valence-corrected chi connectivity index (χ4v) is 4.59. The number of alkyl halides is 1. The van der Waals surface area contributed by atoms with E-state index in [4.69, 9.17) is 0 Å². The standard InChI is InChI=1S/C27H33FN4O2/c1-4-5-12-29-25(33)23-9-8-22(16-19(23)2)32-13-6-7-20-17-21(18-30-24(20)32)26(34)31-14-10-27(3,28)11-15-31/h5,8-9,12,16-18H,4,6-7,10-11,13-15H2,1-3H3,(H,29,33)/b12-5+. The van der Waals surface area contributed by atoms with Crippen LogP contribution >= 0.6 is 0 Å². The van der Waals surface area contributed by atoms with Crippen LogP contribution in [0.5, 0.6) is 0 Å². The van der Waals surface area contributed by atoms with Crippen LogP contribution in [0.3, 0.4) is 0 Å². The lowest BCUT2D eigenvalue weighted by atomic mass is 9.95. The van der Waals surface area contributed by atoms with E-state index in [1.807, 2.05) is 44.2 Å². The van der Waals surface area contributed by atoms with E-state index in [1.165, 1.54) is 0 Å². The predicted molar refractivity (Wildman–Crippen MR) is 132 cm³/mol. The van der Waals surface area contributed by atoms with Crippen molar-refractivity contribution in [3.63, 3.8) is 0 Å². The summed E-state index contributed by atoms with van der Waals surface area (Å²) in [4.78, 5) is 34.0. The molecule has 1 saturated heterocycles. The Hall–Kier alpha value is -3.22. The first-order valence-corrected chi connectivity index (χ1v) is 12.1. The van der Waals surface area contributed by atoms with E-state index in [0.717, 1.165) is 48.4 Å². The second-order valence-corrected chi connectivity index (χ2v) is 9.45. The molecule has 4 rings (SSSR count). The highest BCUT2D eigenvalue weighted by Gasteiger charge is 2.32. The minimum atomic E-state index is -1.19. The van der Waals surface area contributed by atoms with Gasteiger partial charge in [0, 0.05) is 43.3 Å². The molecule has 1 N–H and O–H groups in total. The number of fused-ring (bicyclic) bond motifs is 1. The van der Waals surface area contributed by atoms with Gasteiger partial charge in [-0.1, -0.05) is 13.0 Å². The van der Waals surface area contributed by atoms with E-state index in [-0.39, 0.29) is 11.8 Å². The molecule has 3 heterocycles. The molecular formula is C27H33FN4O2. The van der Waals surface area contributed by atoms with Crippen LogP contribution in [0, 0.1) is 6.92 Å². The fourth-order valence-electron chi connectivity index (χ4n) is 4.59. The van der Waals surface area contributed by atoms with Crippen LogP contribution in [-0.2, 0) is 6.42 Å². The maximum atomic E-state index is 14.1. The molecule has 1 aromatic carbocycles. The van der Waals surface area contributed by atoms with Gasteiger partial charge >= 0.3 is 0 Å². The third-order valence-corrected chi connectivity index (χ3v) is 6.70. The summed E-state index contributed by atoms with van der Waals surface area (Å²) in [6.45, 7) is 7.24. The van der Waals surface area contributed by atoms with E-state index >= 15 is 0 Å². The molecule has 2 aliphatic rings. The number of amides is 2. The molecule has 0 unspecified atom stereocenters. The third-order valence-electron chi connectivity index (χ3n) is 6.70. The lowest BCUT2D eigenvalue weighted by Crippen LogP contribution is -2.43. The Labute approximate surface area is 200 Å². The van der Waals surface area contributed by atoms with Crippen LogP contribution in [0.2, 0.25) is 0 Å². The zero-order valence-electron chi connectivity index (χ0n) is 20.2. The van der Waals surface area contributed by atoms with Gasteiger partial charge < -0.3 is 15.1 Å². The SMILES string of the molecule is CC/C=C/NC(=O)c1ccc(N2CCCc3cc(C(=O)N4CCC(C)(F)CC4)cnc32)cc1C. The third kappa shape index (κ3) is 5.13. The molecule has 0 spiro atoms. The molecule has 2 amide bonds. The number of aromatic nitrogens is 1. The molecule has 2 aromatic rings. The topological polar surface area (TPSA) is 65.5 Å². The van der Waals surface area contributed by atoms with Crippen molar-refractivity contribution in [2.45, 2.75) is 58.5 Å². The Morgan fingerprint density at radius 3 is 2.68 bits per heavy atom.